The van der Waals surface area contributed by atoms with Gasteiger partial charge in [0.15, 0.2) is 5.65 Å². The fraction of sp³-hybridized carbons (Fsp3) is 0.278. The number of carbonyl (C=O) groups excluding carboxylic acids is 1. The predicted octanol–water partition coefficient (Wildman–Crippen LogP) is 2.41. The number of hydrogen-bond acceptors (Lipinski definition) is 4. The summed E-state index contributed by atoms with van der Waals surface area (Å²) in [7, 11) is 1.65. The molecule has 1 amide bonds. The van der Waals surface area contributed by atoms with Crippen molar-refractivity contribution in [2.75, 3.05) is 7.11 Å². The monoisotopic (exact) mass is 324 g/mol. The Morgan fingerprint density at radius 1 is 1.33 bits per heavy atom. The lowest BCUT2D eigenvalue weighted by molar-refractivity contribution is 0.0932. The summed E-state index contributed by atoms with van der Waals surface area (Å²) >= 11 is 0. The number of methoxy groups -OCH3 is 1. The summed E-state index contributed by atoms with van der Waals surface area (Å²) in [6.45, 7) is 3.83. The molecule has 6 heteroatoms. The molecule has 0 saturated carbocycles. The van der Waals surface area contributed by atoms with Crippen LogP contribution in [0.2, 0.25) is 0 Å². The summed E-state index contributed by atoms with van der Waals surface area (Å²) in [6.07, 6.45) is 2.32. The molecule has 1 N–H and O–H groups in total. The van der Waals surface area contributed by atoms with Crippen LogP contribution in [0.3, 0.4) is 0 Å². The molecule has 24 heavy (non-hydrogen) atoms. The number of para-hydroxylation sites is 1. The lowest BCUT2D eigenvalue weighted by atomic mass is 10.1. The second-order valence-corrected chi connectivity index (χ2v) is 5.77. The van der Waals surface area contributed by atoms with Crippen LogP contribution in [0.15, 0.2) is 42.6 Å². The molecule has 0 bridgehead atoms. The van der Waals surface area contributed by atoms with Crippen LogP contribution in [-0.2, 0) is 6.42 Å². The minimum absolute atomic E-state index is 0.0483. The van der Waals surface area contributed by atoms with Crippen LogP contribution in [0.25, 0.3) is 5.65 Å². The first kappa shape index (κ1) is 16.0. The molecule has 3 rings (SSSR count). The molecule has 1 unspecified atom stereocenters. The van der Waals surface area contributed by atoms with Crippen LogP contribution in [0, 0.1) is 6.92 Å². The van der Waals surface area contributed by atoms with E-state index in [0.29, 0.717) is 17.8 Å². The van der Waals surface area contributed by atoms with Crippen molar-refractivity contribution in [1.29, 1.82) is 0 Å². The van der Waals surface area contributed by atoms with Gasteiger partial charge in [0.05, 0.1) is 13.3 Å². The van der Waals surface area contributed by atoms with E-state index in [9.17, 15) is 4.79 Å². The van der Waals surface area contributed by atoms with Gasteiger partial charge in [0.25, 0.3) is 5.91 Å². The summed E-state index contributed by atoms with van der Waals surface area (Å²) in [6, 6.07) is 11.3. The van der Waals surface area contributed by atoms with Gasteiger partial charge in [-0.1, -0.05) is 18.2 Å². The Bertz CT molecular complexity index is 872. The highest BCUT2D eigenvalue weighted by molar-refractivity contribution is 5.93. The van der Waals surface area contributed by atoms with E-state index in [1.165, 1.54) is 0 Å². The van der Waals surface area contributed by atoms with Crippen LogP contribution in [0.1, 0.15) is 28.7 Å². The highest BCUT2D eigenvalue weighted by Crippen LogP contribution is 2.19. The molecule has 0 saturated heterocycles. The standard InChI is InChI=1S/C18H20N4O2/c1-12(10-14-6-4-5-7-16(14)24-3)21-18(23)15-11-13(2)20-17-8-9-19-22(15)17/h4-9,11-12H,10H2,1-3H3,(H,21,23). The summed E-state index contributed by atoms with van der Waals surface area (Å²) in [4.78, 5) is 17.0. The molecule has 0 fully saturated rings. The van der Waals surface area contributed by atoms with Crippen molar-refractivity contribution in [1.82, 2.24) is 19.9 Å². The summed E-state index contributed by atoms with van der Waals surface area (Å²) < 4.78 is 6.92. The van der Waals surface area contributed by atoms with Crippen LogP contribution >= 0.6 is 0 Å². The maximum absolute atomic E-state index is 12.6. The molecule has 6 nitrogen and oxygen atoms in total. The molecule has 0 aliphatic carbocycles. The molecule has 124 valence electrons. The number of aromatic nitrogens is 3. The molecule has 0 radical (unpaired) electrons. The lowest BCUT2D eigenvalue weighted by Crippen LogP contribution is -2.35. The van der Waals surface area contributed by atoms with E-state index in [2.05, 4.69) is 15.4 Å². The largest absolute Gasteiger partial charge is 0.496 e. The Morgan fingerprint density at radius 3 is 2.92 bits per heavy atom. The third-order valence-electron chi connectivity index (χ3n) is 3.82. The van der Waals surface area contributed by atoms with Crippen LogP contribution < -0.4 is 10.1 Å². The third-order valence-corrected chi connectivity index (χ3v) is 3.82. The molecular formula is C18H20N4O2. The zero-order valence-electron chi connectivity index (χ0n) is 14.0. The number of rotatable bonds is 5. The first-order chi connectivity index (χ1) is 11.6. The molecule has 1 aromatic carbocycles. The highest BCUT2D eigenvalue weighted by atomic mass is 16.5. The summed E-state index contributed by atoms with van der Waals surface area (Å²) in [5, 5.41) is 7.19. The Balaban J connectivity index is 1.77. The lowest BCUT2D eigenvalue weighted by Gasteiger charge is -2.16. The minimum atomic E-state index is -0.170. The SMILES string of the molecule is COc1ccccc1CC(C)NC(=O)c1cc(C)nc2ccnn12. The van der Waals surface area contributed by atoms with Gasteiger partial charge >= 0.3 is 0 Å². The number of carbonyl (C=O) groups is 1. The van der Waals surface area contributed by atoms with Gasteiger partial charge < -0.3 is 10.1 Å². The molecule has 1 atom stereocenters. The Kier molecular flexibility index (Phi) is 4.46. The molecule has 0 spiro atoms. The quantitative estimate of drug-likeness (QED) is 0.782. The van der Waals surface area contributed by atoms with E-state index in [0.717, 1.165) is 17.0 Å². The topological polar surface area (TPSA) is 68.5 Å². The number of fused-ring (bicyclic) bond motifs is 1. The minimum Gasteiger partial charge on any atom is -0.496 e. The summed E-state index contributed by atoms with van der Waals surface area (Å²) in [5.74, 6) is 0.657. The van der Waals surface area contributed by atoms with Crippen molar-refractivity contribution in [3.8, 4) is 5.75 Å². The average molecular weight is 324 g/mol. The predicted molar refractivity (Wildman–Crippen MR) is 91.4 cm³/mol. The Hall–Kier alpha value is -2.89. The van der Waals surface area contributed by atoms with Crippen molar-refractivity contribution >= 4 is 11.6 Å². The van der Waals surface area contributed by atoms with Gasteiger partial charge in [-0.15, -0.1) is 0 Å². The number of aryl methyl sites for hydroxylation is 1. The Labute approximate surface area is 140 Å². The molecule has 2 aromatic heterocycles. The van der Waals surface area contributed by atoms with Crippen molar-refractivity contribution in [3.05, 3.63) is 59.5 Å². The van der Waals surface area contributed by atoms with Gasteiger partial charge in [0, 0.05) is 17.8 Å². The van der Waals surface area contributed by atoms with Crippen LogP contribution in [0.5, 0.6) is 5.75 Å². The molecule has 0 aliphatic heterocycles. The van der Waals surface area contributed by atoms with E-state index >= 15 is 0 Å². The maximum atomic E-state index is 12.6. The van der Waals surface area contributed by atoms with Gasteiger partial charge in [-0.25, -0.2) is 9.50 Å². The Morgan fingerprint density at radius 2 is 2.12 bits per heavy atom. The number of nitrogens with one attached hydrogen (secondary N) is 1. The molecular weight excluding hydrogens is 304 g/mol. The van der Waals surface area contributed by atoms with Gasteiger partial charge in [-0.05, 0) is 38.0 Å². The number of hydrogen-bond donors (Lipinski definition) is 1. The second-order valence-electron chi connectivity index (χ2n) is 5.77. The van der Waals surface area contributed by atoms with Gasteiger partial charge in [0.1, 0.15) is 11.4 Å². The van der Waals surface area contributed by atoms with Crippen LogP contribution in [-0.4, -0.2) is 33.7 Å². The maximum Gasteiger partial charge on any atom is 0.270 e. The molecule has 2 heterocycles. The normalized spacial score (nSPS) is 12.1. The van der Waals surface area contributed by atoms with E-state index in [-0.39, 0.29) is 11.9 Å². The number of nitrogens with zero attached hydrogens (tertiary/aromatic N) is 3. The number of amides is 1. The fourth-order valence-corrected chi connectivity index (χ4v) is 2.75. The van der Waals surface area contributed by atoms with Gasteiger partial charge in [-0.2, -0.15) is 5.10 Å². The van der Waals surface area contributed by atoms with E-state index in [1.54, 1.807) is 30.0 Å². The van der Waals surface area contributed by atoms with Crippen molar-refractivity contribution < 1.29 is 9.53 Å². The van der Waals surface area contributed by atoms with Crippen molar-refractivity contribution in [3.63, 3.8) is 0 Å². The average Bonchev–Trinajstić information content (AvgIpc) is 3.02. The van der Waals surface area contributed by atoms with E-state index in [4.69, 9.17) is 4.74 Å². The van der Waals surface area contributed by atoms with E-state index in [1.807, 2.05) is 38.1 Å². The van der Waals surface area contributed by atoms with Gasteiger partial charge in [0.2, 0.25) is 0 Å². The number of benzene rings is 1. The highest BCUT2D eigenvalue weighted by Gasteiger charge is 2.16. The van der Waals surface area contributed by atoms with Crippen LogP contribution in [0.4, 0.5) is 0 Å². The van der Waals surface area contributed by atoms with Gasteiger partial charge in [-0.3, -0.25) is 4.79 Å². The van der Waals surface area contributed by atoms with E-state index < -0.39 is 0 Å². The molecule has 3 aromatic rings. The number of ether oxygens (including phenoxy) is 1. The zero-order valence-corrected chi connectivity index (χ0v) is 14.0. The smallest absolute Gasteiger partial charge is 0.270 e. The zero-order chi connectivity index (χ0) is 17.1. The second kappa shape index (κ2) is 6.70. The first-order valence-electron chi connectivity index (χ1n) is 7.82. The van der Waals surface area contributed by atoms with Crippen molar-refractivity contribution in [2.45, 2.75) is 26.3 Å². The van der Waals surface area contributed by atoms with Crippen molar-refractivity contribution in [2.24, 2.45) is 0 Å². The first-order valence-corrected chi connectivity index (χ1v) is 7.82. The summed E-state index contributed by atoms with van der Waals surface area (Å²) in [5.41, 5.74) is 2.99. The fourth-order valence-electron chi connectivity index (χ4n) is 2.75. The third kappa shape index (κ3) is 3.22. The molecule has 0 aliphatic rings.